The van der Waals surface area contributed by atoms with Crippen molar-refractivity contribution >= 4 is 35.8 Å². The largest absolute Gasteiger partial charge is 0.370 e. The number of aliphatic imine (C=N–C) groups is 1. The molecule has 7 nitrogen and oxygen atoms in total. The van der Waals surface area contributed by atoms with E-state index >= 15 is 0 Å². The van der Waals surface area contributed by atoms with Gasteiger partial charge in [-0.15, -0.1) is 12.6 Å². The highest BCUT2D eigenvalue weighted by molar-refractivity contribution is 7.96. The minimum atomic E-state index is -0.625. The monoisotopic (exact) mass is 285 g/mol. The molecule has 19 heavy (non-hydrogen) atoms. The van der Waals surface area contributed by atoms with Crippen molar-refractivity contribution in [1.29, 1.82) is 5.41 Å². The third kappa shape index (κ3) is 5.73. The second-order valence-electron chi connectivity index (χ2n) is 4.31. The molecule has 0 aromatic carbocycles. The molecule has 2 atom stereocenters. The molecule has 106 valence electrons. The maximum atomic E-state index is 11.8. The van der Waals surface area contributed by atoms with Crippen LogP contribution in [0.1, 0.15) is 25.7 Å². The third-order valence-electron chi connectivity index (χ3n) is 2.76. The molecular weight excluding hydrogens is 266 g/mol. The molecule has 0 aliphatic carbocycles. The highest BCUT2D eigenvalue weighted by Gasteiger charge is 2.24. The Morgan fingerprint density at radius 3 is 2.84 bits per heavy atom. The van der Waals surface area contributed by atoms with Crippen LogP contribution in [0.3, 0.4) is 0 Å². The van der Waals surface area contributed by atoms with Crippen LogP contribution in [-0.4, -0.2) is 41.8 Å². The summed E-state index contributed by atoms with van der Waals surface area (Å²) in [6.45, 7) is 0.477. The van der Waals surface area contributed by atoms with Gasteiger partial charge in [-0.05, 0) is 31.9 Å². The summed E-state index contributed by atoms with van der Waals surface area (Å²) in [5.74, 6) is -0.348. The van der Waals surface area contributed by atoms with Gasteiger partial charge in [-0.25, -0.2) is 0 Å². The van der Waals surface area contributed by atoms with Crippen molar-refractivity contribution < 1.29 is 9.59 Å². The lowest BCUT2D eigenvalue weighted by Gasteiger charge is -2.17. The average molecular weight is 285 g/mol. The number of nitrogens with one attached hydrogen (secondary N) is 3. The highest BCUT2D eigenvalue weighted by atomic mass is 32.1. The van der Waals surface area contributed by atoms with Gasteiger partial charge in [0.05, 0.1) is 6.04 Å². The van der Waals surface area contributed by atoms with Gasteiger partial charge in [0.15, 0.2) is 5.96 Å². The fraction of sp³-hybridized carbons (Fsp3) is 0.636. The smallest absolute Gasteiger partial charge is 0.245 e. The maximum absolute atomic E-state index is 11.8. The number of amides is 1. The SMILES string of the molecule is N=C(N)NCCCC(NC(=O)C1CCC=N1)C(=O)S. The van der Waals surface area contributed by atoms with Crippen LogP contribution in [0.25, 0.3) is 0 Å². The van der Waals surface area contributed by atoms with Crippen molar-refractivity contribution in [3.05, 3.63) is 0 Å². The van der Waals surface area contributed by atoms with E-state index in [0.29, 0.717) is 25.8 Å². The molecule has 5 N–H and O–H groups in total. The van der Waals surface area contributed by atoms with Crippen molar-refractivity contribution in [1.82, 2.24) is 10.6 Å². The van der Waals surface area contributed by atoms with E-state index in [1.165, 1.54) is 0 Å². The molecule has 0 saturated carbocycles. The fourth-order valence-electron chi connectivity index (χ4n) is 1.76. The first-order valence-corrected chi connectivity index (χ1v) is 6.58. The molecule has 0 bridgehead atoms. The molecule has 0 aromatic rings. The number of guanidine groups is 1. The van der Waals surface area contributed by atoms with Gasteiger partial charge in [0, 0.05) is 6.54 Å². The molecule has 1 heterocycles. The molecule has 1 aliphatic rings. The maximum Gasteiger partial charge on any atom is 0.245 e. The predicted octanol–water partition coefficient (Wildman–Crippen LogP) is -0.576. The van der Waals surface area contributed by atoms with Crippen LogP contribution in [0.15, 0.2) is 4.99 Å². The van der Waals surface area contributed by atoms with Crippen molar-refractivity contribution in [3.63, 3.8) is 0 Å². The molecule has 0 spiro atoms. The number of carbonyl (C=O) groups excluding carboxylic acids is 2. The van der Waals surface area contributed by atoms with E-state index in [4.69, 9.17) is 11.1 Å². The molecule has 0 radical (unpaired) electrons. The van der Waals surface area contributed by atoms with Gasteiger partial charge in [-0.1, -0.05) is 0 Å². The summed E-state index contributed by atoms with van der Waals surface area (Å²) in [5, 5.41) is 11.9. The molecule has 2 unspecified atom stereocenters. The predicted molar refractivity (Wildman–Crippen MR) is 76.6 cm³/mol. The Labute approximate surface area is 117 Å². The molecule has 0 fully saturated rings. The lowest BCUT2D eigenvalue weighted by atomic mass is 10.1. The fourth-order valence-corrected chi connectivity index (χ4v) is 1.96. The first-order valence-electron chi connectivity index (χ1n) is 6.13. The van der Waals surface area contributed by atoms with E-state index in [-0.39, 0.29) is 23.0 Å². The molecular formula is C11H19N5O2S. The van der Waals surface area contributed by atoms with E-state index < -0.39 is 6.04 Å². The van der Waals surface area contributed by atoms with Crippen LogP contribution >= 0.6 is 12.6 Å². The molecule has 1 rings (SSSR count). The normalized spacial score (nSPS) is 18.9. The summed E-state index contributed by atoms with van der Waals surface area (Å²) in [7, 11) is 0. The van der Waals surface area contributed by atoms with Crippen LogP contribution in [0.4, 0.5) is 0 Å². The number of nitrogens with two attached hydrogens (primary N) is 1. The number of rotatable bonds is 7. The number of thiol groups is 1. The highest BCUT2D eigenvalue weighted by Crippen LogP contribution is 2.09. The second-order valence-corrected chi connectivity index (χ2v) is 4.75. The number of nitrogens with zero attached hydrogens (tertiary/aromatic N) is 1. The van der Waals surface area contributed by atoms with Crippen LogP contribution < -0.4 is 16.4 Å². The Balaban J connectivity index is 2.35. The van der Waals surface area contributed by atoms with E-state index in [1.54, 1.807) is 6.21 Å². The van der Waals surface area contributed by atoms with Gasteiger partial charge in [0.25, 0.3) is 0 Å². The van der Waals surface area contributed by atoms with E-state index in [1.807, 2.05) is 0 Å². The molecule has 1 aliphatic heterocycles. The Kier molecular flexibility index (Phi) is 6.34. The van der Waals surface area contributed by atoms with E-state index in [2.05, 4.69) is 28.3 Å². The topological polar surface area (TPSA) is 120 Å². The van der Waals surface area contributed by atoms with Gasteiger partial charge < -0.3 is 16.4 Å². The van der Waals surface area contributed by atoms with Crippen molar-refractivity contribution in [2.45, 2.75) is 37.8 Å². The number of hydrogen-bond acceptors (Lipinski definition) is 4. The lowest BCUT2D eigenvalue weighted by molar-refractivity contribution is -0.125. The van der Waals surface area contributed by atoms with Gasteiger partial charge in [-0.3, -0.25) is 20.0 Å². The first kappa shape index (κ1) is 15.5. The van der Waals surface area contributed by atoms with Crippen molar-refractivity contribution in [2.24, 2.45) is 10.7 Å². The minimum Gasteiger partial charge on any atom is -0.370 e. The Morgan fingerprint density at radius 2 is 2.32 bits per heavy atom. The van der Waals surface area contributed by atoms with Crippen LogP contribution in [-0.2, 0) is 9.59 Å². The quantitative estimate of drug-likeness (QED) is 0.186. The summed E-state index contributed by atoms with van der Waals surface area (Å²) in [5.41, 5.74) is 5.14. The zero-order valence-electron chi connectivity index (χ0n) is 10.6. The lowest BCUT2D eigenvalue weighted by Crippen LogP contribution is -2.43. The van der Waals surface area contributed by atoms with Gasteiger partial charge in [0.1, 0.15) is 6.04 Å². The average Bonchev–Trinajstić information content (AvgIpc) is 2.85. The Bertz CT molecular complexity index is 385. The second kappa shape index (κ2) is 7.78. The Morgan fingerprint density at radius 1 is 1.58 bits per heavy atom. The molecule has 0 aromatic heterocycles. The summed E-state index contributed by atoms with van der Waals surface area (Å²) in [6.07, 6.45) is 4.25. The van der Waals surface area contributed by atoms with Gasteiger partial charge in [-0.2, -0.15) is 0 Å². The Hall–Kier alpha value is -1.57. The molecule has 0 saturated heterocycles. The van der Waals surface area contributed by atoms with E-state index in [0.717, 1.165) is 6.42 Å². The van der Waals surface area contributed by atoms with Crippen molar-refractivity contribution in [3.8, 4) is 0 Å². The summed E-state index contributed by atoms with van der Waals surface area (Å²) in [6, 6.07) is -1.01. The number of carbonyl (C=O) groups is 2. The number of hydrogen-bond donors (Lipinski definition) is 5. The van der Waals surface area contributed by atoms with Crippen LogP contribution in [0, 0.1) is 5.41 Å². The minimum absolute atomic E-state index is 0.113. The first-order chi connectivity index (χ1) is 9.00. The van der Waals surface area contributed by atoms with Crippen molar-refractivity contribution in [2.75, 3.05) is 6.54 Å². The van der Waals surface area contributed by atoms with Gasteiger partial charge >= 0.3 is 0 Å². The zero-order valence-corrected chi connectivity index (χ0v) is 11.5. The van der Waals surface area contributed by atoms with E-state index in [9.17, 15) is 9.59 Å². The van der Waals surface area contributed by atoms with Crippen LogP contribution in [0.2, 0.25) is 0 Å². The summed E-state index contributed by atoms with van der Waals surface area (Å²) >= 11 is 3.77. The third-order valence-corrected chi connectivity index (χ3v) is 3.07. The zero-order chi connectivity index (χ0) is 14.3. The summed E-state index contributed by atoms with van der Waals surface area (Å²) in [4.78, 5) is 27.2. The van der Waals surface area contributed by atoms with Gasteiger partial charge in [0.2, 0.25) is 11.0 Å². The standard InChI is InChI=1S/C11H19N5O2S/c12-11(13)15-6-2-4-8(10(18)19)16-9(17)7-3-1-5-14-7/h5,7-8H,1-4,6H2,(H,16,17)(H,18,19)(H4,12,13,15). The molecule has 1 amide bonds. The van der Waals surface area contributed by atoms with Crippen LogP contribution in [0.5, 0.6) is 0 Å². The molecule has 8 heteroatoms. The summed E-state index contributed by atoms with van der Waals surface area (Å²) < 4.78 is 0.